The molecule has 2 aromatic heterocycles. The Morgan fingerprint density at radius 3 is 2.65 bits per heavy atom. The molecule has 2 aromatic rings. The molecular formula is C15H21N5. The Balaban J connectivity index is 1.75. The first-order valence-electron chi connectivity index (χ1n) is 7.37. The molecule has 1 unspecified atom stereocenters. The molecule has 0 amide bonds. The van der Waals surface area contributed by atoms with Gasteiger partial charge in [-0.1, -0.05) is 13.3 Å². The fourth-order valence-corrected chi connectivity index (χ4v) is 2.76. The van der Waals surface area contributed by atoms with Crippen LogP contribution in [0, 0.1) is 12.8 Å². The van der Waals surface area contributed by atoms with E-state index in [4.69, 9.17) is 0 Å². The van der Waals surface area contributed by atoms with Crippen LogP contribution in [-0.4, -0.2) is 33.1 Å². The van der Waals surface area contributed by atoms with Crippen molar-refractivity contribution in [2.75, 3.05) is 18.0 Å². The lowest BCUT2D eigenvalue weighted by Crippen LogP contribution is -2.35. The summed E-state index contributed by atoms with van der Waals surface area (Å²) in [6.07, 6.45) is 5.74. The highest BCUT2D eigenvalue weighted by molar-refractivity contribution is 5.40. The van der Waals surface area contributed by atoms with Gasteiger partial charge in [0, 0.05) is 19.3 Å². The second kappa shape index (κ2) is 5.61. The van der Waals surface area contributed by atoms with Crippen molar-refractivity contribution in [2.45, 2.75) is 33.1 Å². The van der Waals surface area contributed by atoms with E-state index in [-0.39, 0.29) is 0 Å². The smallest absolute Gasteiger partial charge is 0.175 e. The molecule has 0 N–H and O–H groups in total. The van der Waals surface area contributed by atoms with Gasteiger partial charge < -0.3 is 4.90 Å². The van der Waals surface area contributed by atoms with Crippen LogP contribution in [0.25, 0.3) is 5.82 Å². The second-order valence-corrected chi connectivity index (χ2v) is 5.51. The fraction of sp³-hybridized carbons (Fsp3) is 0.533. The number of aromatic nitrogens is 4. The van der Waals surface area contributed by atoms with E-state index >= 15 is 0 Å². The van der Waals surface area contributed by atoms with Gasteiger partial charge in [0.1, 0.15) is 0 Å². The Bertz CT molecular complexity index is 560. The largest absolute Gasteiger partial charge is 0.355 e. The lowest BCUT2D eigenvalue weighted by Gasteiger charge is -2.32. The van der Waals surface area contributed by atoms with Crippen molar-refractivity contribution in [3.05, 3.63) is 30.1 Å². The molecule has 0 bridgehead atoms. The van der Waals surface area contributed by atoms with Gasteiger partial charge in [-0.15, -0.1) is 10.2 Å². The molecule has 20 heavy (non-hydrogen) atoms. The normalized spacial score (nSPS) is 19.3. The highest BCUT2D eigenvalue weighted by Crippen LogP contribution is 2.23. The van der Waals surface area contributed by atoms with Crippen LogP contribution in [0.15, 0.2) is 24.4 Å². The first-order valence-corrected chi connectivity index (χ1v) is 7.37. The van der Waals surface area contributed by atoms with Crippen molar-refractivity contribution < 1.29 is 0 Å². The summed E-state index contributed by atoms with van der Waals surface area (Å²) < 4.78 is 1.76. The van der Waals surface area contributed by atoms with E-state index in [0.717, 1.165) is 36.3 Å². The summed E-state index contributed by atoms with van der Waals surface area (Å²) in [5.74, 6) is 2.54. The topological polar surface area (TPSA) is 46.8 Å². The monoisotopic (exact) mass is 271 g/mol. The number of anilines is 1. The van der Waals surface area contributed by atoms with Gasteiger partial charge in [0.2, 0.25) is 0 Å². The zero-order chi connectivity index (χ0) is 13.9. The molecule has 0 aromatic carbocycles. The summed E-state index contributed by atoms with van der Waals surface area (Å²) >= 11 is 0. The standard InChI is InChI=1S/C15H21N5/c1-3-13-5-4-9-19(11-13)14-6-7-15(17-16-14)20-10-8-12(2)18-20/h6-8,10,13H,3-5,9,11H2,1-2H3. The third kappa shape index (κ3) is 2.66. The molecule has 1 atom stereocenters. The Hall–Kier alpha value is -1.91. The summed E-state index contributed by atoms with van der Waals surface area (Å²) in [5, 5.41) is 13.0. The van der Waals surface area contributed by atoms with Crippen molar-refractivity contribution in [1.29, 1.82) is 0 Å². The maximum Gasteiger partial charge on any atom is 0.175 e. The minimum Gasteiger partial charge on any atom is -0.355 e. The van der Waals surface area contributed by atoms with Crippen LogP contribution >= 0.6 is 0 Å². The zero-order valence-electron chi connectivity index (χ0n) is 12.2. The predicted molar refractivity (Wildman–Crippen MR) is 79.1 cm³/mol. The molecule has 1 aliphatic heterocycles. The minimum absolute atomic E-state index is 0.769. The molecule has 0 spiro atoms. The third-order valence-electron chi connectivity index (χ3n) is 4.01. The fourth-order valence-electron chi connectivity index (χ4n) is 2.76. The van der Waals surface area contributed by atoms with E-state index in [1.54, 1.807) is 4.68 Å². The number of piperidine rings is 1. The number of nitrogens with zero attached hydrogens (tertiary/aromatic N) is 5. The van der Waals surface area contributed by atoms with Crippen LogP contribution in [0.1, 0.15) is 31.9 Å². The van der Waals surface area contributed by atoms with Crippen LogP contribution in [0.3, 0.4) is 0 Å². The van der Waals surface area contributed by atoms with Crippen LogP contribution < -0.4 is 4.90 Å². The van der Waals surface area contributed by atoms with Gasteiger partial charge in [-0.05, 0) is 43.9 Å². The maximum atomic E-state index is 4.37. The van der Waals surface area contributed by atoms with Crippen molar-refractivity contribution >= 4 is 5.82 Å². The highest BCUT2D eigenvalue weighted by atomic mass is 15.4. The predicted octanol–water partition coefficient (Wildman–Crippen LogP) is 2.60. The average molecular weight is 271 g/mol. The molecule has 0 aliphatic carbocycles. The van der Waals surface area contributed by atoms with E-state index in [9.17, 15) is 0 Å². The molecule has 3 rings (SSSR count). The average Bonchev–Trinajstić information content (AvgIpc) is 2.94. The molecule has 106 valence electrons. The quantitative estimate of drug-likeness (QED) is 0.861. The molecule has 0 saturated carbocycles. The molecule has 0 radical (unpaired) electrons. The SMILES string of the molecule is CCC1CCCN(c2ccc(-n3ccc(C)n3)nn2)C1. The zero-order valence-corrected chi connectivity index (χ0v) is 12.2. The first kappa shape index (κ1) is 13.1. The molecule has 1 fully saturated rings. The summed E-state index contributed by atoms with van der Waals surface area (Å²) in [6, 6.07) is 6.01. The van der Waals surface area contributed by atoms with E-state index in [2.05, 4.69) is 33.2 Å². The van der Waals surface area contributed by atoms with Gasteiger partial charge in [-0.2, -0.15) is 5.10 Å². The van der Waals surface area contributed by atoms with E-state index in [1.165, 1.54) is 19.3 Å². The van der Waals surface area contributed by atoms with Gasteiger partial charge in [0.25, 0.3) is 0 Å². The van der Waals surface area contributed by atoms with Crippen LogP contribution in [0.4, 0.5) is 5.82 Å². The van der Waals surface area contributed by atoms with Crippen molar-refractivity contribution in [1.82, 2.24) is 20.0 Å². The Morgan fingerprint density at radius 1 is 1.20 bits per heavy atom. The van der Waals surface area contributed by atoms with Crippen LogP contribution in [0.5, 0.6) is 0 Å². The Labute approximate surface area is 119 Å². The first-order chi connectivity index (χ1) is 9.76. The third-order valence-corrected chi connectivity index (χ3v) is 4.01. The maximum absolute atomic E-state index is 4.37. The lowest BCUT2D eigenvalue weighted by molar-refractivity contribution is 0.402. The van der Waals surface area contributed by atoms with E-state index in [1.807, 2.05) is 25.3 Å². The summed E-state index contributed by atoms with van der Waals surface area (Å²) in [5.41, 5.74) is 0.984. The van der Waals surface area contributed by atoms with Crippen LogP contribution in [-0.2, 0) is 0 Å². The molecule has 3 heterocycles. The Morgan fingerprint density at radius 2 is 2.00 bits per heavy atom. The summed E-state index contributed by atoms with van der Waals surface area (Å²) in [4.78, 5) is 2.35. The van der Waals surface area contributed by atoms with Crippen molar-refractivity contribution in [3.8, 4) is 5.82 Å². The van der Waals surface area contributed by atoms with E-state index < -0.39 is 0 Å². The minimum atomic E-state index is 0.769. The molecular weight excluding hydrogens is 250 g/mol. The number of hydrogen-bond donors (Lipinski definition) is 0. The van der Waals surface area contributed by atoms with E-state index in [0.29, 0.717) is 0 Å². The van der Waals surface area contributed by atoms with Gasteiger partial charge in [-0.25, -0.2) is 4.68 Å². The summed E-state index contributed by atoms with van der Waals surface area (Å²) in [7, 11) is 0. The molecule has 1 aliphatic rings. The number of aryl methyl sites for hydroxylation is 1. The number of hydrogen-bond acceptors (Lipinski definition) is 4. The second-order valence-electron chi connectivity index (χ2n) is 5.51. The molecule has 5 heteroatoms. The van der Waals surface area contributed by atoms with Gasteiger partial charge in [0.05, 0.1) is 5.69 Å². The highest BCUT2D eigenvalue weighted by Gasteiger charge is 2.19. The van der Waals surface area contributed by atoms with Crippen molar-refractivity contribution in [2.24, 2.45) is 5.92 Å². The van der Waals surface area contributed by atoms with Crippen LogP contribution in [0.2, 0.25) is 0 Å². The molecule has 1 saturated heterocycles. The van der Waals surface area contributed by atoms with Crippen molar-refractivity contribution in [3.63, 3.8) is 0 Å². The summed E-state index contributed by atoms with van der Waals surface area (Å²) in [6.45, 7) is 6.43. The van der Waals surface area contributed by atoms with Gasteiger partial charge >= 0.3 is 0 Å². The number of rotatable bonds is 3. The molecule has 5 nitrogen and oxygen atoms in total. The Kier molecular flexibility index (Phi) is 3.67. The van der Waals surface area contributed by atoms with Gasteiger partial charge in [0.15, 0.2) is 11.6 Å². The van der Waals surface area contributed by atoms with Gasteiger partial charge in [-0.3, -0.25) is 0 Å². The lowest BCUT2D eigenvalue weighted by atomic mass is 9.96.